The number of nitrogens with zero attached hydrogens (tertiary/aromatic N) is 1. The molecule has 0 heterocycles. The molecule has 0 saturated heterocycles. The second-order valence-corrected chi connectivity index (χ2v) is 5.55. The van der Waals surface area contributed by atoms with Gasteiger partial charge in [-0.15, -0.1) is 0 Å². The first-order chi connectivity index (χ1) is 9.54. The molecule has 2 rings (SSSR count). The molecule has 3 heteroatoms. The Hall–Kier alpha value is -1.87. The second kappa shape index (κ2) is 6.53. The molecule has 3 nitrogen and oxygen atoms in total. The summed E-state index contributed by atoms with van der Waals surface area (Å²) < 4.78 is 0. The number of fused-ring (bicyclic) bond motifs is 1. The Balaban J connectivity index is 2.16. The Kier molecular flexibility index (Phi) is 4.74. The molecule has 2 aromatic rings. The molecule has 0 aliphatic rings. The molecule has 20 heavy (non-hydrogen) atoms. The Labute approximate surface area is 120 Å². The van der Waals surface area contributed by atoms with Crippen molar-refractivity contribution in [3.63, 3.8) is 0 Å². The minimum absolute atomic E-state index is 0.0256. The number of rotatable bonds is 5. The van der Waals surface area contributed by atoms with E-state index >= 15 is 0 Å². The molecule has 2 aromatic carbocycles. The lowest BCUT2D eigenvalue weighted by molar-refractivity contribution is -0.119. The molecule has 0 fully saturated rings. The molecule has 1 amide bonds. The van der Waals surface area contributed by atoms with Gasteiger partial charge in [0, 0.05) is 19.5 Å². The van der Waals surface area contributed by atoms with Crippen LogP contribution in [0.2, 0.25) is 0 Å². The summed E-state index contributed by atoms with van der Waals surface area (Å²) in [6.07, 6.45) is 0.850. The summed E-state index contributed by atoms with van der Waals surface area (Å²) in [5.74, 6) is 0.0256. The third-order valence-electron chi connectivity index (χ3n) is 3.29. The molecule has 0 aromatic heterocycles. The Bertz CT molecular complexity index is 592. The van der Waals surface area contributed by atoms with Crippen LogP contribution >= 0.6 is 0 Å². The molecular formula is C17H22N2O. The molecule has 1 atom stereocenters. The SMILES string of the molecule is CC(=O)N[C@@H](Cc1ccc2ccccc2c1)CN(C)C. The van der Waals surface area contributed by atoms with Gasteiger partial charge < -0.3 is 10.2 Å². The zero-order valence-electron chi connectivity index (χ0n) is 12.4. The van der Waals surface area contributed by atoms with E-state index in [0.29, 0.717) is 0 Å². The number of benzene rings is 2. The molecule has 106 valence electrons. The zero-order valence-corrected chi connectivity index (χ0v) is 12.4. The molecule has 0 saturated carbocycles. The number of hydrogen-bond acceptors (Lipinski definition) is 2. The van der Waals surface area contributed by atoms with Crippen molar-refractivity contribution in [1.82, 2.24) is 10.2 Å². The summed E-state index contributed by atoms with van der Waals surface area (Å²) in [5, 5.41) is 5.52. The predicted octanol–water partition coefficient (Wildman–Crippen LogP) is 2.45. The molecule has 0 bridgehead atoms. The van der Waals surface area contributed by atoms with Crippen LogP contribution in [0.25, 0.3) is 10.8 Å². The third-order valence-corrected chi connectivity index (χ3v) is 3.29. The van der Waals surface area contributed by atoms with Gasteiger partial charge in [0.05, 0.1) is 0 Å². The van der Waals surface area contributed by atoms with Crippen molar-refractivity contribution in [3.8, 4) is 0 Å². The maximum Gasteiger partial charge on any atom is 0.217 e. The van der Waals surface area contributed by atoms with Gasteiger partial charge >= 0.3 is 0 Å². The van der Waals surface area contributed by atoms with Gasteiger partial charge in [0.1, 0.15) is 0 Å². The molecule has 0 radical (unpaired) electrons. The predicted molar refractivity (Wildman–Crippen MR) is 83.8 cm³/mol. The van der Waals surface area contributed by atoms with Crippen LogP contribution in [0.1, 0.15) is 12.5 Å². The number of carbonyl (C=O) groups is 1. The number of amides is 1. The summed E-state index contributed by atoms with van der Waals surface area (Å²) in [6.45, 7) is 2.41. The lowest BCUT2D eigenvalue weighted by Crippen LogP contribution is -2.42. The average molecular weight is 270 g/mol. The minimum Gasteiger partial charge on any atom is -0.352 e. The van der Waals surface area contributed by atoms with E-state index in [-0.39, 0.29) is 11.9 Å². The first-order valence-electron chi connectivity index (χ1n) is 6.94. The monoisotopic (exact) mass is 270 g/mol. The van der Waals surface area contributed by atoms with Crippen LogP contribution in [0, 0.1) is 0 Å². The smallest absolute Gasteiger partial charge is 0.217 e. The zero-order chi connectivity index (χ0) is 14.5. The maximum atomic E-state index is 11.3. The van der Waals surface area contributed by atoms with Gasteiger partial charge in [-0.05, 0) is 36.9 Å². The number of carbonyl (C=O) groups excluding carboxylic acids is 1. The quantitative estimate of drug-likeness (QED) is 0.905. The van der Waals surface area contributed by atoms with Gasteiger partial charge in [-0.3, -0.25) is 4.79 Å². The van der Waals surface area contributed by atoms with Gasteiger partial charge in [0.25, 0.3) is 0 Å². The van der Waals surface area contributed by atoms with E-state index in [1.165, 1.54) is 16.3 Å². The van der Waals surface area contributed by atoms with Crippen molar-refractivity contribution in [3.05, 3.63) is 48.0 Å². The van der Waals surface area contributed by atoms with Gasteiger partial charge in [-0.1, -0.05) is 42.5 Å². The van der Waals surface area contributed by atoms with E-state index < -0.39 is 0 Å². The topological polar surface area (TPSA) is 32.3 Å². The fourth-order valence-electron chi connectivity index (χ4n) is 2.54. The largest absolute Gasteiger partial charge is 0.352 e. The summed E-state index contributed by atoms with van der Waals surface area (Å²) in [6, 6.07) is 15.0. The van der Waals surface area contributed by atoms with Crippen LogP contribution in [0.3, 0.4) is 0 Å². The van der Waals surface area contributed by atoms with Crippen LogP contribution in [0.4, 0.5) is 0 Å². The number of hydrogen-bond donors (Lipinski definition) is 1. The molecule has 0 spiro atoms. The normalized spacial score (nSPS) is 12.6. The second-order valence-electron chi connectivity index (χ2n) is 5.55. The van der Waals surface area contributed by atoms with Gasteiger partial charge in [-0.2, -0.15) is 0 Å². The van der Waals surface area contributed by atoms with Crippen LogP contribution < -0.4 is 5.32 Å². The molecular weight excluding hydrogens is 248 g/mol. The number of nitrogens with one attached hydrogen (secondary N) is 1. The third kappa shape index (κ3) is 4.07. The van der Waals surface area contributed by atoms with Gasteiger partial charge in [0.2, 0.25) is 5.91 Å². The van der Waals surface area contributed by atoms with Gasteiger partial charge in [-0.25, -0.2) is 0 Å². The van der Waals surface area contributed by atoms with Crippen LogP contribution in [-0.4, -0.2) is 37.5 Å². The van der Waals surface area contributed by atoms with Crippen LogP contribution in [-0.2, 0) is 11.2 Å². The van der Waals surface area contributed by atoms with E-state index in [1.807, 2.05) is 20.2 Å². The lowest BCUT2D eigenvalue weighted by atomic mass is 10.0. The van der Waals surface area contributed by atoms with Gasteiger partial charge in [0.15, 0.2) is 0 Å². The Morgan fingerprint density at radius 1 is 1.15 bits per heavy atom. The molecule has 0 aliphatic heterocycles. The highest BCUT2D eigenvalue weighted by Gasteiger charge is 2.12. The molecule has 1 N–H and O–H groups in total. The standard InChI is InChI=1S/C17H22N2O/c1-13(20)18-17(12-19(2)3)11-14-8-9-15-6-4-5-7-16(15)10-14/h4-10,17H,11-12H2,1-3H3,(H,18,20)/t17-/m0/s1. The van der Waals surface area contributed by atoms with Crippen molar-refractivity contribution in [2.24, 2.45) is 0 Å². The fraction of sp³-hybridized carbons (Fsp3) is 0.353. The highest BCUT2D eigenvalue weighted by atomic mass is 16.1. The van der Waals surface area contributed by atoms with Crippen molar-refractivity contribution in [2.45, 2.75) is 19.4 Å². The van der Waals surface area contributed by atoms with Crippen molar-refractivity contribution in [2.75, 3.05) is 20.6 Å². The summed E-state index contributed by atoms with van der Waals surface area (Å²) in [7, 11) is 4.05. The fourth-order valence-corrected chi connectivity index (χ4v) is 2.54. The molecule has 0 aliphatic carbocycles. The summed E-state index contributed by atoms with van der Waals surface area (Å²) >= 11 is 0. The maximum absolute atomic E-state index is 11.3. The average Bonchev–Trinajstić information content (AvgIpc) is 2.37. The highest BCUT2D eigenvalue weighted by Crippen LogP contribution is 2.16. The van der Waals surface area contributed by atoms with E-state index in [4.69, 9.17) is 0 Å². The minimum atomic E-state index is 0.0256. The summed E-state index contributed by atoms with van der Waals surface area (Å²) in [5.41, 5.74) is 1.25. The van der Waals surface area contributed by atoms with E-state index in [0.717, 1.165) is 13.0 Å². The van der Waals surface area contributed by atoms with Crippen LogP contribution in [0.15, 0.2) is 42.5 Å². The van der Waals surface area contributed by atoms with Crippen molar-refractivity contribution >= 4 is 16.7 Å². The van der Waals surface area contributed by atoms with Crippen molar-refractivity contribution < 1.29 is 4.79 Å². The van der Waals surface area contributed by atoms with Crippen molar-refractivity contribution in [1.29, 1.82) is 0 Å². The molecule has 0 unspecified atom stereocenters. The highest BCUT2D eigenvalue weighted by molar-refractivity contribution is 5.83. The first-order valence-corrected chi connectivity index (χ1v) is 6.94. The van der Waals surface area contributed by atoms with E-state index in [9.17, 15) is 4.79 Å². The number of likely N-dealkylation sites (N-methyl/N-ethyl adjacent to an activating group) is 1. The Morgan fingerprint density at radius 3 is 2.50 bits per heavy atom. The van der Waals surface area contributed by atoms with E-state index in [1.54, 1.807) is 6.92 Å². The lowest BCUT2D eigenvalue weighted by Gasteiger charge is -2.22. The van der Waals surface area contributed by atoms with Crippen LogP contribution in [0.5, 0.6) is 0 Å². The summed E-state index contributed by atoms with van der Waals surface area (Å²) in [4.78, 5) is 13.4. The van der Waals surface area contributed by atoms with E-state index in [2.05, 4.69) is 46.6 Å². The Morgan fingerprint density at radius 2 is 1.85 bits per heavy atom. The first kappa shape index (κ1) is 14.5.